The third-order valence-electron chi connectivity index (χ3n) is 1.80. The van der Waals surface area contributed by atoms with Gasteiger partial charge in [0, 0.05) is 0 Å². The van der Waals surface area contributed by atoms with Crippen LogP contribution in [0.4, 0.5) is 26.3 Å². The molecule has 0 rings (SSSR count). The van der Waals surface area contributed by atoms with E-state index in [0.717, 1.165) is 0 Å². The van der Waals surface area contributed by atoms with Crippen LogP contribution in [-0.4, -0.2) is 54.4 Å². The van der Waals surface area contributed by atoms with Crippen molar-refractivity contribution >= 4 is 16.1 Å². The van der Waals surface area contributed by atoms with Crippen LogP contribution in [0.1, 0.15) is 0 Å². The van der Waals surface area contributed by atoms with Gasteiger partial charge in [0.15, 0.2) is 0 Å². The first-order valence-corrected chi connectivity index (χ1v) is 5.56. The molecule has 0 fully saturated rings. The molecule has 0 aliphatic heterocycles. The molecule has 2 N–H and O–H groups in total. The lowest BCUT2D eigenvalue weighted by Crippen LogP contribution is -2.67. The second-order valence-electron chi connectivity index (χ2n) is 3.01. The minimum Gasteiger partial charge on any atom is -0.461 e. The SMILES string of the molecule is O=C(OCCO)C(C(F)(F)F)(C(F)(F)F)S(=O)(=O)O. The number of esters is 1. The molecule has 0 bridgehead atoms. The molecule has 0 spiro atoms. The van der Waals surface area contributed by atoms with Gasteiger partial charge >= 0.3 is 33.2 Å². The van der Waals surface area contributed by atoms with E-state index in [1.807, 2.05) is 0 Å². The largest absolute Gasteiger partial charge is 0.461 e. The zero-order chi connectivity index (χ0) is 15.7. The molecule has 0 heterocycles. The minimum atomic E-state index is -6.98. The van der Waals surface area contributed by atoms with Crippen molar-refractivity contribution in [1.82, 2.24) is 0 Å². The van der Waals surface area contributed by atoms with Crippen molar-refractivity contribution in [2.24, 2.45) is 0 Å². The molecule has 0 atom stereocenters. The second kappa shape index (κ2) is 5.13. The van der Waals surface area contributed by atoms with Gasteiger partial charge in [0.1, 0.15) is 6.61 Å². The Kier molecular flexibility index (Phi) is 4.84. The summed E-state index contributed by atoms with van der Waals surface area (Å²) in [6, 6.07) is 0. The fraction of sp³-hybridized carbons (Fsp3) is 0.833. The van der Waals surface area contributed by atoms with Crippen LogP contribution in [0.15, 0.2) is 0 Å². The van der Waals surface area contributed by atoms with Gasteiger partial charge in [-0.25, -0.2) is 4.79 Å². The first-order valence-electron chi connectivity index (χ1n) is 4.12. The smallest absolute Gasteiger partial charge is 0.430 e. The first kappa shape index (κ1) is 17.9. The second-order valence-corrected chi connectivity index (χ2v) is 4.57. The molecular formula is C6H6F6O6S. The Morgan fingerprint density at radius 3 is 1.63 bits per heavy atom. The van der Waals surface area contributed by atoms with Gasteiger partial charge in [-0.3, -0.25) is 4.55 Å². The monoisotopic (exact) mass is 320 g/mol. The highest BCUT2D eigenvalue weighted by molar-refractivity contribution is 7.88. The molecule has 114 valence electrons. The molecule has 0 radical (unpaired) electrons. The Bertz CT molecular complexity index is 422. The average molecular weight is 320 g/mol. The van der Waals surface area contributed by atoms with Gasteiger partial charge in [-0.2, -0.15) is 34.8 Å². The zero-order valence-corrected chi connectivity index (χ0v) is 9.43. The third-order valence-corrected chi connectivity index (χ3v) is 3.20. The fourth-order valence-electron chi connectivity index (χ4n) is 1.03. The lowest BCUT2D eigenvalue weighted by atomic mass is 10.1. The highest BCUT2D eigenvalue weighted by atomic mass is 32.2. The van der Waals surface area contributed by atoms with Crippen molar-refractivity contribution < 1.29 is 54.0 Å². The number of ether oxygens (including phenoxy) is 1. The van der Waals surface area contributed by atoms with Gasteiger partial charge in [0.2, 0.25) is 0 Å². The van der Waals surface area contributed by atoms with Crippen LogP contribution in [-0.2, 0) is 19.6 Å². The van der Waals surface area contributed by atoms with Crippen molar-refractivity contribution in [2.45, 2.75) is 17.1 Å². The van der Waals surface area contributed by atoms with E-state index in [9.17, 15) is 39.6 Å². The topological polar surface area (TPSA) is 101 Å². The quantitative estimate of drug-likeness (QED) is 0.438. The molecule has 0 aliphatic carbocycles. The number of rotatable bonds is 4. The van der Waals surface area contributed by atoms with Gasteiger partial charge in [-0.15, -0.1) is 0 Å². The summed E-state index contributed by atoms with van der Waals surface area (Å²) in [5.74, 6) is -3.30. The number of hydrogen-bond acceptors (Lipinski definition) is 5. The van der Waals surface area contributed by atoms with Crippen LogP contribution in [0.2, 0.25) is 0 Å². The Hall–Kier alpha value is -1.08. The molecule has 0 aromatic rings. The van der Waals surface area contributed by atoms with Crippen molar-refractivity contribution in [3.63, 3.8) is 0 Å². The van der Waals surface area contributed by atoms with Crippen LogP contribution in [0.25, 0.3) is 0 Å². The van der Waals surface area contributed by atoms with E-state index in [1.54, 1.807) is 0 Å². The Morgan fingerprint density at radius 1 is 1.05 bits per heavy atom. The summed E-state index contributed by atoms with van der Waals surface area (Å²) in [7, 11) is -6.98. The molecule has 19 heavy (non-hydrogen) atoms. The first-order chi connectivity index (χ1) is 8.23. The number of carbonyl (C=O) groups excluding carboxylic acids is 1. The van der Waals surface area contributed by atoms with E-state index in [1.165, 1.54) is 0 Å². The van der Waals surface area contributed by atoms with Crippen LogP contribution in [0.5, 0.6) is 0 Å². The van der Waals surface area contributed by atoms with Gasteiger partial charge in [0.05, 0.1) is 6.61 Å². The summed E-state index contributed by atoms with van der Waals surface area (Å²) < 4.78 is 101. The Labute approximate surface area is 101 Å². The van der Waals surface area contributed by atoms with Crippen molar-refractivity contribution in [1.29, 1.82) is 0 Å². The molecule has 0 amide bonds. The Morgan fingerprint density at radius 2 is 1.42 bits per heavy atom. The maximum Gasteiger partial charge on any atom is 0.430 e. The van der Waals surface area contributed by atoms with Crippen LogP contribution in [0, 0.1) is 0 Å². The predicted molar refractivity (Wildman–Crippen MR) is 44.4 cm³/mol. The third kappa shape index (κ3) is 2.92. The summed E-state index contributed by atoms with van der Waals surface area (Å²) in [5, 5.41) is 8.14. The number of alkyl halides is 6. The van der Waals surface area contributed by atoms with E-state index in [2.05, 4.69) is 4.74 Å². The maximum atomic E-state index is 12.4. The summed E-state index contributed by atoms with van der Waals surface area (Å²) in [6.45, 7) is -2.47. The summed E-state index contributed by atoms with van der Waals surface area (Å²) in [4.78, 5) is 10.9. The van der Waals surface area contributed by atoms with E-state index in [0.29, 0.717) is 0 Å². The highest BCUT2D eigenvalue weighted by Gasteiger charge is 2.84. The minimum absolute atomic E-state index is 1.15. The van der Waals surface area contributed by atoms with E-state index in [4.69, 9.17) is 9.66 Å². The van der Waals surface area contributed by atoms with E-state index in [-0.39, 0.29) is 0 Å². The molecule has 0 unspecified atom stereocenters. The van der Waals surface area contributed by atoms with Crippen LogP contribution < -0.4 is 0 Å². The molecule has 6 nitrogen and oxygen atoms in total. The number of hydrogen-bond donors (Lipinski definition) is 2. The molecule has 0 saturated heterocycles. The summed E-state index contributed by atoms with van der Waals surface area (Å²) in [6.07, 6.45) is -13.4. The molecule has 0 saturated carbocycles. The van der Waals surface area contributed by atoms with E-state index < -0.39 is 46.4 Å². The molecule has 0 aromatic carbocycles. The highest BCUT2D eigenvalue weighted by Crippen LogP contribution is 2.49. The molecule has 0 aliphatic rings. The zero-order valence-electron chi connectivity index (χ0n) is 8.62. The van der Waals surface area contributed by atoms with Gasteiger partial charge in [-0.05, 0) is 0 Å². The van der Waals surface area contributed by atoms with Crippen molar-refractivity contribution in [3.8, 4) is 0 Å². The summed E-state index contributed by atoms with van der Waals surface area (Å²) in [5.41, 5.74) is 0. The normalized spacial score (nSPS) is 14.3. The number of aliphatic hydroxyl groups excluding tert-OH is 1. The number of carbonyl (C=O) groups is 1. The lowest BCUT2D eigenvalue weighted by molar-refractivity contribution is -0.268. The fourth-order valence-corrected chi connectivity index (χ4v) is 1.88. The van der Waals surface area contributed by atoms with Gasteiger partial charge < -0.3 is 9.84 Å². The molecular weight excluding hydrogens is 314 g/mol. The number of aliphatic hydroxyl groups is 1. The molecule has 13 heteroatoms. The predicted octanol–water partition coefficient (Wildman–Crippen LogP) is 0.273. The van der Waals surface area contributed by atoms with Crippen LogP contribution in [0.3, 0.4) is 0 Å². The lowest BCUT2D eigenvalue weighted by Gasteiger charge is -2.31. The standard InChI is InChI=1S/C6H6F6O6S/c7-5(8,9)4(6(10,11)12,19(15,16)17)3(14)18-2-1-13/h13H,1-2H2,(H,15,16,17). The average Bonchev–Trinajstić information content (AvgIpc) is 2.07. The summed E-state index contributed by atoms with van der Waals surface area (Å²) >= 11 is 0. The number of halogens is 6. The van der Waals surface area contributed by atoms with E-state index >= 15 is 0 Å². The van der Waals surface area contributed by atoms with Gasteiger partial charge in [-0.1, -0.05) is 0 Å². The van der Waals surface area contributed by atoms with Crippen molar-refractivity contribution in [2.75, 3.05) is 13.2 Å². The van der Waals surface area contributed by atoms with Crippen LogP contribution >= 0.6 is 0 Å². The Balaban J connectivity index is 6.21. The molecule has 0 aromatic heterocycles. The maximum absolute atomic E-state index is 12.4. The van der Waals surface area contributed by atoms with Crippen molar-refractivity contribution in [3.05, 3.63) is 0 Å². The van der Waals surface area contributed by atoms with Gasteiger partial charge in [0.25, 0.3) is 0 Å².